The SMILES string of the molecule is CCc1ccc(N2C(=O)[C@H]3[C@H](CC=C4[C@H]3C[C@H]3C(=O)N(c5cccc(Cl)c5)C(=O)[C@@]3(c3ccccc3)[C@H]4c3ccccc3OCCO)C2=O)cc1. The number of aliphatic hydroxyl groups excluding tert-OH is 1. The predicted octanol–water partition coefficient (Wildman–Crippen LogP) is 6.64. The molecule has 4 amide bonds. The number of aliphatic hydroxyl groups is 1. The summed E-state index contributed by atoms with van der Waals surface area (Å²) in [6.45, 7) is 1.86. The Morgan fingerprint density at radius 1 is 0.804 bits per heavy atom. The molecule has 1 N–H and O–H groups in total. The van der Waals surface area contributed by atoms with Crippen molar-refractivity contribution in [3.05, 3.63) is 136 Å². The molecule has 4 aromatic carbocycles. The van der Waals surface area contributed by atoms with Crippen LogP contribution in [0.15, 0.2) is 115 Å². The molecule has 258 valence electrons. The second kappa shape index (κ2) is 12.9. The Morgan fingerprint density at radius 2 is 1.55 bits per heavy atom. The number of amides is 4. The zero-order valence-corrected chi connectivity index (χ0v) is 28.8. The molecule has 2 saturated heterocycles. The molecular formula is C42H37ClN2O6. The standard InChI is InChI=1S/C42H37ClN2O6/c1-2-25-15-17-28(18-16-25)44-38(47)32-20-19-30-33(36(32)40(44)49)24-34-39(48)45(29-12-8-11-27(43)23-29)41(50)42(34,26-9-4-3-5-10-26)37(30)31-13-6-7-14-35(31)51-22-21-46/h3-19,23,32-34,36-37,46H,2,20-22,24H2,1H3/t32-,33+,34-,36-,37+,42+/m0/s1. The Labute approximate surface area is 301 Å². The average molecular weight is 701 g/mol. The van der Waals surface area contributed by atoms with Crippen LogP contribution in [0.2, 0.25) is 5.02 Å². The highest BCUT2D eigenvalue weighted by atomic mass is 35.5. The van der Waals surface area contributed by atoms with Gasteiger partial charge in [0.25, 0.3) is 0 Å². The zero-order chi connectivity index (χ0) is 35.4. The molecule has 2 heterocycles. The summed E-state index contributed by atoms with van der Waals surface area (Å²) in [5, 5.41) is 10.1. The molecule has 1 saturated carbocycles. The Hall–Kier alpha value is -5.05. The minimum atomic E-state index is -1.42. The number of imide groups is 2. The highest BCUT2D eigenvalue weighted by Gasteiger charge is 2.70. The van der Waals surface area contributed by atoms with Gasteiger partial charge in [-0.15, -0.1) is 0 Å². The molecule has 4 aliphatic rings. The van der Waals surface area contributed by atoms with Crippen LogP contribution in [0.1, 0.15) is 42.4 Å². The molecule has 4 aromatic rings. The summed E-state index contributed by atoms with van der Waals surface area (Å²) in [7, 11) is 0. The number of halogens is 1. The second-order valence-electron chi connectivity index (χ2n) is 13.7. The third-order valence-electron chi connectivity index (χ3n) is 11.3. The maximum atomic E-state index is 15.4. The average Bonchev–Trinajstić information content (AvgIpc) is 3.55. The third-order valence-corrected chi connectivity index (χ3v) is 11.6. The molecule has 51 heavy (non-hydrogen) atoms. The first kappa shape index (κ1) is 33.1. The quantitative estimate of drug-likeness (QED) is 0.163. The van der Waals surface area contributed by atoms with Crippen LogP contribution in [0.3, 0.4) is 0 Å². The van der Waals surface area contributed by atoms with Gasteiger partial charge in [-0.3, -0.25) is 24.1 Å². The van der Waals surface area contributed by atoms with Crippen LogP contribution in [0.4, 0.5) is 11.4 Å². The number of carbonyl (C=O) groups excluding carboxylic acids is 4. The highest BCUT2D eigenvalue weighted by Crippen LogP contribution is 2.65. The van der Waals surface area contributed by atoms with Gasteiger partial charge >= 0.3 is 0 Å². The highest BCUT2D eigenvalue weighted by molar-refractivity contribution is 6.32. The van der Waals surface area contributed by atoms with Crippen LogP contribution >= 0.6 is 11.6 Å². The fourth-order valence-electron chi connectivity index (χ4n) is 9.23. The van der Waals surface area contributed by atoms with E-state index in [4.69, 9.17) is 16.3 Å². The maximum absolute atomic E-state index is 15.4. The second-order valence-corrected chi connectivity index (χ2v) is 14.2. The molecule has 0 aromatic heterocycles. The first-order valence-electron chi connectivity index (χ1n) is 17.5. The summed E-state index contributed by atoms with van der Waals surface area (Å²) in [6, 6.07) is 31.0. The van der Waals surface area contributed by atoms with Crippen molar-refractivity contribution in [2.75, 3.05) is 23.0 Å². The number of allylic oxidation sites excluding steroid dienone is 2. The summed E-state index contributed by atoms with van der Waals surface area (Å²) in [6.07, 6.45) is 3.38. The summed E-state index contributed by atoms with van der Waals surface area (Å²) < 4.78 is 6.12. The van der Waals surface area contributed by atoms with Crippen LogP contribution < -0.4 is 14.5 Å². The van der Waals surface area contributed by atoms with Crippen molar-refractivity contribution in [3.63, 3.8) is 0 Å². The molecule has 8 rings (SSSR count). The van der Waals surface area contributed by atoms with Gasteiger partial charge in [-0.25, -0.2) is 4.90 Å². The van der Waals surface area contributed by atoms with Crippen molar-refractivity contribution in [3.8, 4) is 5.75 Å². The number of hydrogen-bond donors (Lipinski definition) is 1. The van der Waals surface area contributed by atoms with Crippen molar-refractivity contribution in [2.45, 2.75) is 37.5 Å². The smallest absolute Gasteiger partial charge is 0.246 e. The lowest BCUT2D eigenvalue weighted by Gasteiger charge is -2.51. The number of rotatable bonds is 8. The molecule has 2 aliphatic carbocycles. The summed E-state index contributed by atoms with van der Waals surface area (Å²) >= 11 is 6.42. The first-order chi connectivity index (χ1) is 24.8. The number of benzene rings is 4. The number of ether oxygens (including phenoxy) is 1. The van der Waals surface area contributed by atoms with Crippen LogP contribution in [0.25, 0.3) is 0 Å². The molecule has 0 bridgehead atoms. The fraction of sp³-hybridized carbons (Fsp3) is 0.286. The van der Waals surface area contributed by atoms with Gasteiger partial charge in [-0.2, -0.15) is 0 Å². The van der Waals surface area contributed by atoms with E-state index in [1.807, 2.05) is 85.8 Å². The number of hydrogen-bond acceptors (Lipinski definition) is 6. The number of aryl methyl sites for hydroxylation is 1. The van der Waals surface area contributed by atoms with E-state index in [1.165, 1.54) is 9.80 Å². The monoisotopic (exact) mass is 700 g/mol. The lowest BCUT2D eigenvalue weighted by molar-refractivity contribution is -0.127. The Kier molecular flexibility index (Phi) is 8.39. The van der Waals surface area contributed by atoms with Gasteiger partial charge in [0.05, 0.1) is 41.2 Å². The van der Waals surface area contributed by atoms with Gasteiger partial charge < -0.3 is 9.84 Å². The maximum Gasteiger partial charge on any atom is 0.246 e. The van der Waals surface area contributed by atoms with E-state index >= 15 is 4.79 Å². The number of para-hydroxylation sites is 1. The van der Waals surface area contributed by atoms with Crippen molar-refractivity contribution >= 4 is 46.6 Å². The predicted molar refractivity (Wildman–Crippen MR) is 193 cm³/mol. The van der Waals surface area contributed by atoms with Gasteiger partial charge in [-0.1, -0.05) is 96.9 Å². The summed E-state index contributed by atoms with van der Waals surface area (Å²) in [4.78, 5) is 61.6. The van der Waals surface area contributed by atoms with Crippen LogP contribution in [-0.4, -0.2) is 41.9 Å². The lowest BCUT2D eigenvalue weighted by atomic mass is 9.49. The number of anilines is 2. The van der Waals surface area contributed by atoms with Gasteiger partial charge in [-0.05, 0) is 72.7 Å². The minimum absolute atomic E-state index is 0.0267. The van der Waals surface area contributed by atoms with Crippen LogP contribution in [-0.2, 0) is 31.0 Å². The Balaban J connectivity index is 1.34. The first-order valence-corrected chi connectivity index (χ1v) is 17.9. The normalized spacial score (nSPS) is 26.9. The molecule has 3 fully saturated rings. The number of nitrogens with zero attached hydrogens (tertiary/aromatic N) is 2. The number of carbonyl (C=O) groups is 4. The van der Waals surface area contributed by atoms with E-state index in [1.54, 1.807) is 30.3 Å². The number of fused-ring (bicyclic) bond motifs is 4. The van der Waals surface area contributed by atoms with Gasteiger partial charge in [0.1, 0.15) is 12.4 Å². The fourth-order valence-corrected chi connectivity index (χ4v) is 9.41. The van der Waals surface area contributed by atoms with Crippen molar-refractivity contribution in [1.82, 2.24) is 0 Å². The zero-order valence-electron chi connectivity index (χ0n) is 28.1. The van der Waals surface area contributed by atoms with E-state index < -0.39 is 35.0 Å². The summed E-state index contributed by atoms with van der Waals surface area (Å²) in [5.74, 6) is -4.27. The van der Waals surface area contributed by atoms with E-state index in [-0.39, 0.29) is 43.3 Å². The largest absolute Gasteiger partial charge is 0.491 e. The molecule has 9 heteroatoms. The van der Waals surface area contributed by atoms with E-state index in [9.17, 15) is 19.5 Å². The third kappa shape index (κ3) is 4.99. The van der Waals surface area contributed by atoms with E-state index in [0.29, 0.717) is 39.7 Å². The molecule has 0 unspecified atom stereocenters. The van der Waals surface area contributed by atoms with Gasteiger partial charge in [0.2, 0.25) is 23.6 Å². The molecular weight excluding hydrogens is 664 g/mol. The molecule has 6 atom stereocenters. The van der Waals surface area contributed by atoms with Crippen LogP contribution in [0.5, 0.6) is 5.75 Å². The molecule has 0 spiro atoms. The molecule has 8 nitrogen and oxygen atoms in total. The van der Waals surface area contributed by atoms with Crippen LogP contribution in [0, 0.1) is 23.7 Å². The minimum Gasteiger partial charge on any atom is -0.491 e. The van der Waals surface area contributed by atoms with Gasteiger partial charge in [0.15, 0.2) is 0 Å². The topological polar surface area (TPSA) is 104 Å². The Morgan fingerprint density at radius 3 is 2.27 bits per heavy atom. The van der Waals surface area contributed by atoms with E-state index in [2.05, 4.69) is 0 Å². The van der Waals surface area contributed by atoms with Crippen molar-refractivity contribution < 1.29 is 29.0 Å². The summed E-state index contributed by atoms with van der Waals surface area (Å²) in [5.41, 5.74) is 2.77. The Bertz CT molecular complexity index is 2080. The lowest BCUT2D eigenvalue weighted by Crippen LogP contribution is -2.53. The van der Waals surface area contributed by atoms with Gasteiger partial charge in [0, 0.05) is 16.5 Å². The molecule has 0 radical (unpaired) electrons. The van der Waals surface area contributed by atoms with E-state index in [0.717, 1.165) is 17.6 Å². The molecule has 2 aliphatic heterocycles. The van der Waals surface area contributed by atoms with Crippen molar-refractivity contribution in [2.24, 2.45) is 23.7 Å². The van der Waals surface area contributed by atoms with Crippen molar-refractivity contribution in [1.29, 1.82) is 0 Å².